The van der Waals surface area contributed by atoms with Gasteiger partial charge in [0.2, 0.25) is 0 Å². The summed E-state index contributed by atoms with van der Waals surface area (Å²) in [5.74, 6) is -0.752. The van der Waals surface area contributed by atoms with E-state index in [9.17, 15) is 4.79 Å². The number of ether oxygens (including phenoxy) is 2. The van der Waals surface area contributed by atoms with Crippen LogP contribution < -0.4 is 5.32 Å². The molecule has 0 aromatic heterocycles. The van der Waals surface area contributed by atoms with Gasteiger partial charge in [0.25, 0.3) is 0 Å². The first-order valence-electron chi connectivity index (χ1n) is 6.00. The molecule has 2 N–H and O–H groups in total. The molecule has 6 nitrogen and oxygen atoms in total. The molecule has 1 heterocycles. The number of carboxylic acid groups (broad SMARTS) is 1. The fraction of sp³-hybridized carbons (Fsp3) is 0.909. The van der Waals surface area contributed by atoms with Gasteiger partial charge >= 0.3 is 5.97 Å². The second-order valence-corrected chi connectivity index (χ2v) is 4.05. The molecular formula is C11H22N2O4. The van der Waals surface area contributed by atoms with Crippen LogP contribution in [0.5, 0.6) is 0 Å². The Morgan fingerprint density at radius 3 is 3.00 bits per heavy atom. The Hall–Kier alpha value is -0.690. The molecule has 0 saturated carbocycles. The molecule has 1 fully saturated rings. The van der Waals surface area contributed by atoms with Crippen LogP contribution in [0, 0.1) is 0 Å². The molecule has 1 aliphatic rings. The molecule has 0 amide bonds. The normalized spacial score (nSPS) is 21.6. The second kappa shape index (κ2) is 8.41. The number of carboxylic acids is 1. The third kappa shape index (κ3) is 5.45. The van der Waals surface area contributed by atoms with E-state index < -0.39 is 12.0 Å². The van der Waals surface area contributed by atoms with E-state index in [0.29, 0.717) is 26.4 Å². The third-order valence-electron chi connectivity index (χ3n) is 2.81. The Labute approximate surface area is 102 Å². The number of nitrogens with one attached hydrogen (secondary N) is 1. The number of hydrogen-bond acceptors (Lipinski definition) is 5. The summed E-state index contributed by atoms with van der Waals surface area (Å²) in [7, 11) is 1.64. The van der Waals surface area contributed by atoms with Gasteiger partial charge in [-0.25, -0.2) is 0 Å². The summed E-state index contributed by atoms with van der Waals surface area (Å²) in [6, 6.07) is -0.400. The molecule has 1 atom stereocenters. The largest absolute Gasteiger partial charge is 0.480 e. The summed E-state index contributed by atoms with van der Waals surface area (Å²) >= 11 is 0. The predicted molar refractivity (Wildman–Crippen MR) is 63.2 cm³/mol. The van der Waals surface area contributed by atoms with Crippen LogP contribution in [0.1, 0.15) is 6.42 Å². The first-order valence-corrected chi connectivity index (χ1v) is 6.00. The number of carbonyl (C=O) groups is 1. The van der Waals surface area contributed by atoms with Crippen LogP contribution in [0.25, 0.3) is 0 Å². The van der Waals surface area contributed by atoms with Gasteiger partial charge < -0.3 is 19.9 Å². The van der Waals surface area contributed by atoms with Crippen molar-refractivity contribution in [3.05, 3.63) is 0 Å². The predicted octanol–water partition coefficient (Wildman–Crippen LogP) is -0.602. The monoisotopic (exact) mass is 246 g/mol. The summed E-state index contributed by atoms with van der Waals surface area (Å²) < 4.78 is 10.2. The highest BCUT2D eigenvalue weighted by Crippen LogP contribution is 2.04. The Morgan fingerprint density at radius 1 is 1.47 bits per heavy atom. The van der Waals surface area contributed by atoms with E-state index in [4.69, 9.17) is 14.6 Å². The Kier molecular flexibility index (Phi) is 7.11. The van der Waals surface area contributed by atoms with Gasteiger partial charge in [0, 0.05) is 39.9 Å². The average molecular weight is 246 g/mol. The molecule has 100 valence electrons. The van der Waals surface area contributed by atoms with Gasteiger partial charge in [-0.3, -0.25) is 9.69 Å². The number of methoxy groups -OCH3 is 1. The number of aliphatic carboxylic acids is 1. The van der Waals surface area contributed by atoms with Gasteiger partial charge in [0.1, 0.15) is 6.04 Å². The molecule has 0 aromatic rings. The van der Waals surface area contributed by atoms with Crippen LogP contribution >= 0.6 is 0 Å². The standard InChI is InChI=1S/C11H22N2O4/c1-16-7-8-17-6-2-4-13-5-3-12-9-10(13)11(14)15/h10,12H,2-9H2,1H3,(H,14,15). The summed E-state index contributed by atoms with van der Waals surface area (Å²) in [6.07, 6.45) is 0.855. The molecule has 1 aliphatic heterocycles. The van der Waals surface area contributed by atoms with Gasteiger partial charge in [0.15, 0.2) is 0 Å². The number of piperazine rings is 1. The molecule has 0 aliphatic carbocycles. The number of hydrogen-bond donors (Lipinski definition) is 2. The van der Waals surface area contributed by atoms with E-state index in [1.54, 1.807) is 7.11 Å². The van der Waals surface area contributed by atoms with Crippen LogP contribution in [0.3, 0.4) is 0 Å². The quantitative estimate of drug-likeness (QED) is 0.557. The highest BCUT2D eigenvalue weighted by Gasteiger charge is 2.27. The zero-order valence-electron chi connectivity index (χ0n) is 10.4. The average Bonchev–Trinajstić information content (AvgIpc) is 2.34. The minimum atomic E-state index is -0.752. The summed E-state index contributed by atoms with van der Waals surface area (Å²) in [4.78, 5) is 13.0. The maximum Gasteiger partial charge on any atom is 0.322 e. The SMILES string of the molecule is COCCOCCCN1CCNCC1C(=O)O. The van der Waals surface area contributed by atoms with Crippen molar-refractivity contribution in [1.29, 1.82) is 0 Å². The van der Waals surface area contributed by atoms with Crippen molar-refractivity contribution in [3.8, 4) is 0 Å². The number of rotatable bonds is 8. The van der Waals surface area contributed by atoms with E-state index in [-0.39, 0.29) is 0 Å². The van der Waals surface area contributed by atoms with Gasteiger partial charge in [-0.2, -0.15) is 0 Å². The smallest absolute Gasteiger partial charge is 0.322 e. The molecular weight excluding hydrogens is 224 g/mol. The van der Waals surface area contributed by atoms with Crippen molar-refractivity contribution in [2.75, 3.05) is 53.1 Å². The van der Waals surface area contributed by atoms with E-state index in [1.807, 2.05) is 4.90 Å². The molecule has 17 heavy (non-hydrogen) atoms. The minimum Gasteiger partial charge on any atom is -0.480 e. The van der Waals surface area contributed by atoms with Gasteiger partial charge in [0.05, 0.1) is 13.2 Å². The lowest BCUT2D eigenvalue weighted by molar-refractivity contribution is -0.144. The Morgan fingerprint density at radius 2 is 2.29 bits per heavy atom. The molecule has 1 saturated heterocycles. The molecule has 6 heteroatoms. The highest BCUT2D eigenvalue weighted by atomic mass is 16.5. The fourth-order valence-electron chi connectivity index (χ4n) is 1.87. The first kappa shape index (κ1) is 14.4. The van der Waals surface area contributed by atoms with Gasteiger partial charge in [-0.1, -0.05) is 0 Å². The van der Waals surface area contributed by atoms with Crippen LogP contribution in [0.2, 0.25) is 0 Å². The van der Waals surface area contributed by atoms with Crippen molar-refractivity contribution in [3.63, 3.8) is 0 Å². The lowest BCUT2D eigenvalue weighted by Crippen LogP contribution is -2.55. The van der Waals surface area contributed by atoms with Crippen molar-refractivity contribution >= 4 is 5.97 Å². The lowest BCUT2D eigenvalue weighted by Gasteiger charge is -2.33. The molecule has 1 rings (SSSR count). The van der Waals surface area contributed by atoms with Crippen LogP contribution in [-0.2, 0) is 14.3 Å². The first-order chi connectivity index (χ1) is 8.25. The van der Waals surface area contributed by atoms with E-state index in [0.717, 1.165) is 26.1 Å². The van der Waals surface area contributed by atoms with Crippen molar-refractivity contribution < 1.29 is 19.4 Å². The molecule has 0 spiro atoms. The van der Waals surface area contributed by atoms with Crippen LogP contribution in [0.15, 0.2) is 0 Å². The van der Waals surface area contributed by atoms with Crippen molar-refractivity contribution in [2.24, 2.45) is 0 Å². The summed E-state index contributed by atoms with van der Waals surface area (Å²) in [5, 5.41) is 12.1. The summed E-state index contributed by atoms with van der Waals surface area (Å²) in [6.45, 7) is 4.79. The van der Waals surface area contributed by atoms with Gasteiger partial charge in [-0.15, -0.1) is 0 Å². The van der Waals surface area contributed by atoms with E-state index in [1.165, 1.54) is 0 Å². The second-order valence-electron chi connectivity index (χ2n) is 4.05. The Balaban J connectivity index is 2.13. The fourth-order valence-corrected chi connectivity index (χ4v) is 1.87. The van der Waals surface area contributed by atoms with Gasteiger partial charge in [-0.05, 0) is 6.42 Å². The highest BCUT2D eigenvalue weighted by molar-refractivity contribution is 5.73. The van der Waals surface area contributed by atoms with E-state index >= 15 is 0 Å². The topological polar surface area (TPSA) is 71.0 Å². The molecule has 0 aromatic carbocycles. The zero-order valence-corrected chi connectivity index (χ0v) is 10.4. The molecule has 0 bridgehead atoms. The van der Waals surface area contributed by atoms with Crippen molar-refractivity contribution in [1.82, 2.24) is 10.2 Å². The maximum atomic E-state index is 11.0. The zero-order chi connectivity index (χ0) is 12.5. The van der Waals surface area contributed by atoms with Crippen LogP contribution in [0.4, 0.5) is 0 Å². The minimum absolute atomic E-state index is 0.400. The third-order valence-corrected chi connectivity index (χ3v) is 2.81. The maximum absolute atomic E-state index is 11.0. The Bertz CT molecular complexity index is 226. The van der Waals surface area contributed by atoms with Crippen LogP contribution in [-0.4, -0.2) is 75.1 Å². The number of nitrogens with zero attached hydrogens (tertiary/aromatic N) is 1. The molecule has 1 unspecified atom stereocenters. The molecule has 0 radical (unpaired) electrons. The lowest BCUT2D eigenvalue weighted by atomic mass is 10.2. The summed E-state index contributed by atoms with van der Waals surface area (Å²) in [5.41, 5.74) is 0. The van der Waals surface area contributed by atoms with E-state index in [2.05, 4.69) is 5.32 Å². The van der Waals surface area contributed by atoms with Crippen molar-refractivity contribution in [2.45, 2.75) is 12.5 Å².